The lowest BCUT2D eigenvalue weighted by Crippen LogP contribution is -2.36. The van der Waals surface area contributed by atoms with Crippen molar-refractivity contribution in [2.45, 2.75) is 29.4 Å². The summed E-state index contributed by atoms with van der Waals surface area (Å²) in [4.78, 5) is 24.4. The molecule has 1 amide bonds. The van der Waals surface area contributed by atoms with Crippen LogP contribution >= 0.6 is 23.4 Å². The molecular weight excluding hydrogens is 460 g/mol. The number of carboxylic acids is 1. The zero-order valence-corrected chi connectivity index (χ0v) is 17.5. The first kappa shape index (κ1) is 23.0. The maximum Gasteiger partial charge on any atom is 0.405 e. The monoisotopic (exact) mass is 474 g/mol. The highest BCUT2D eigenvalue weighted by molar-refractivity contribution is 7.99. The van der Waals surface area contributed by atoms with Gasteiger partial charge in [0.1, 0.15) is 13.1 Å². The molecule has 0 atom stereocenters. The van der Waals surface area contributed by atoms with Crippen molar-refractivity contribution in [3.8, 4) is 0 Å². The summed E-state index contributed by atoms with van der Waals surface area (Å²) in [6.07, 6.45) is -4.58. The first-order valence-corrected chi connectivity index (χ1v) is 9.99. The molecule has 0 unspecified atom stereocenters. The van der Waals surface area contributed by atoms with Gasteiger partial charge in [-0.15, -0.1) is 0 Å². The van der Waals surface area contributed by atoms with Crippen molar-refractivity contribution >= 4 is 46.1 Å². The number of hydrogen-bond donors (Lipinski definition) is 2. The largest absolute Gasteiger partial charge is 0.478 e. The summed E-state index contributed by atoms with van der Waals surface area (Å²) in [6.45, 7) is -0.462. The van der Waals surface area contributed by atoms with Gasteiger partial charge in [-0.1, -0.05) is 29.4 Å². The van der Waals surface area contributed by atoms with Crippen LogP contribution in [0, 0.1) is 12.7 Å². The molecule has 1 heterocycles. The molecule has 0 bridgehead atoms. The highest BCUT2D eigenvalue weighted by Crippen LogP contribution is 2.40. The third-order valence-corrected chi connectivity index (χ3v) is 5.91. The number of amides is 1. The van der Waals surface area contributed by atoms with Crippen LogP contribution in [0.15, 0.2) is 46.2 Å². The van der Waals surface area contributed by atoms with Crippen LogP contribution in [0.4, 0.5) is 17.6 Å². The van der Waals surface area contributed by atoms with Gasteiger partial charge >= 0.3 is 12.1 Å². The van der Waals surface area contributed by atoms with E-state index in [-0.39, 0.29) is 16.1 Å². The Kier molecular flexibility index (Phi) is 6.51. The molecular formula is C20H15ClF4N2O3S. The molecule has 0 aliphatic carbocycles. The molecule has 3 aromatic rings. The van der Waals surface area contributed by atoms with Crippen LogP contribution in [0.25, 0.3) is 10.9 Å². The molecule has 0 spiro atoms. The number of halogens is 5. The smallest absolute Gasteiger partial charge is 0.405 e. The van der Waals surface area contributed by atoms with E-state index in [1.54, 1.807) is 30.4 Å². The van der Waals surface area contributed by atoms with Crippen LogP contribution in [0.1, 0.15) is 16.1 Å². The first-order chi connectivity index (χ1) is 14.5. The van der Waals surface area contributed by atoms with Crippen LogP contribution < -0.4 is 5.32 Å². The number of benzene rings is 2. The highest BCUT2D eigenvalue weighted by Gasteiger charge is 2.28. The average Bonchev–Trinajstić information content (AvgIpc) is 2.95. The molecule has 2 N–H and O–H groups in total. The second-order valence-electron chi connectivity index (χ2n) is 6.59. The van der Waals surface area contributed by atoms with E-state index in [0.717, 1.165) is 11.8 Å². The van der Waals surface area contributed by atoms with Gasteiger partial charge in [0.05, 0.1) is 16.1 Å². The maximum absolute atomic E-state index is 14.8. The molecule has 0 aliphatic heterocycles. The van der Waals surface area contributed by atoms with Gasteiger partial charge in [-0.25, -0.2) is 9.18 Å². The molecule has 1 aromatic heterocycles. The second kappa shape index (κ2) is 8.80. The number of nitrogens with one attached hydrogen (secondary N) is 1. The van der Waals surface area contributed by atoms with Crippen LogP contribution in [-0.4, -0.2) is 34.3 Å². The third kappa shape index (κ3) is 5.13. The van der Waals surface area contributed by atoms with E-state index in [2.05, 4.69) is 0 Å². The molecule has 5 nitrogen and oxygen atoms in total. The van der Waals surface area contributed by atoms with Gasteiger partial charge in [0.15, 0.2) is 5.82 Å². The van der Waals surface area contributed by atoms with Crippen molar-refractivity contribution in [1.29, 1.82) is 0 Å². The highest BCUT2D eigenvalue weighted by atomic mass is 35.5. The maximum atomic E-state index is 14.8. The zero-order chi connectivity index (χ0) is 22.9. The van der Waals surface area contributed by atoms with Crippen LogP contribution in [0.2, 0.25) is 5.02 Å². The number of carboxylic acid groups (broad SMARTS) is 1. The van der Waals surface area contributed by atoms with Crippen LogP contribution in [-0.2, 0) is 11.3 Å². The van der Waals surface area contributed by atoms with E-state index >= 15 is 0 Å². The molecule has 11 heteroatoms. The minimum Gasteiger partial charge on any atom is -0.478 e. The SMILES string of the molecule is Cc1c(Sc2cccc(C(=O)O)c2)c2ccc(Cl)c(F)c2n1CC(=O)NCC(F)(F)F. The Labute approximate surface area is 183 Å². The molecule has 0 saturated carbocycles. The summed E-state index contributed by atoms with van der Waals surface area (Å²) in [7, 11) is 0. The van der Waals surface area contributed by atoms with Gasteiger partial charge in [-0.2, -0.15) is 13.2 Å². The summed E-state index contributed by atoms with van der Waals surface area (Å²) in [5.74, 6) is -2.86. The molecule has 0 radical (unpaired) electrons. The molecule has 0 aliphatic rings. The van der Waals surface area contributed by atoms with Crippen molar-refractivity contribution in [3.63, 3.8) is 0 Å². The van der Waals surface area contributed by atoms with Crippen molar-refractivity contribution in [2.24, 2.45) is 0 Å². The Morgan fingerprint density at radius 1 is 1.23 bits per heavy atom. The van der Waals surface area contributed by atoms with Crippen molar-refractivity contribution in [3.05, 3.63) is 58.5 Å². The summed E-state index contributed by atoms with van der Waals surface area (Å²) in [5, 5.41) is 11.1. The lowest BCUT2D eigenvalue weighted by molar-refractivity contribution is -0.138. The number of nitrogens with zero attached hydrogens (tertiary/aromatic N) is 1. The van der Waals surface area contributed by atoms with Gasteiger partial charge in [0, 0.05) is 20.9 Å². The predicted octanol–water partition coefficient (Wildman–Crippen LogP) is 5.27. The normalized spacial score (nSPS) is 11.7. The van der Waals surface area contributed by atoms with E-state index in [1.807, 2.05) is 0 Å². The summed E-state index contributed by atoms with van der Waals surface area (Å²) in [5.41, 5.74) is 0.459. The lowest BCUT2D eigenvalue weighted by Gasteiger charge is -2.11. The predicted molar refractivity (Wildman–Crippen MR) is 108 cm³/mol. The average molecular weight is 475 g/mol. The summed E-state index contributed by atoms with van der Waals surface area (Å²) >= 11 is 7.03. The molecule has 3 rings (SSSR count). The number of aromatic nitrogens is 1. The number of fused-ring (bicyclic) bond motifs is 1. The van der Waals surface area contributed by atoms with E-state index in [9.17, 15) is 32.3 Å². The fraction of sp³-hybridized carbons (Fsp3) is 0.200. The van der Waals surface area contributed by atoms with E-state index < -0.39 is 37.0 Å². The fourth-order valence-corrected chi connectivity index (χ4v) is 4.26. The molecule has 164 valence electrons. The molecule has 0 fully saturated rings. The number of rotatable bonds is 6. The van der Waals surface area contributed by atoms with E-state index in [0.29, 0.717) is 20.9 Å². The summed E-state index contributed by atoms with van der Waals surface area (Å²) in [6, 6.07) is 8.97. The van der Waals surface area contributed by atoms with Crippen molar-refractivity contribution in [1.82, 2.24) is 9.88 Å². The Balaban J connectivity index is 2.04. The Morgan fingerprint density at radius 2 is 1.94 bits per heavy atom. The number of carbonyl (C=O) groups excluding carboxylic acids is 1. The number of alkyl halides is 3. The lowest BCUT2D eigenvalue weighted by atomic mass is 10.2. The van der Waals surface area contributed by atoms with E-state index in [1.165, 1.54) is 22.8 Å². The van der Waals surface area contributed by atoms with Gasteiger partial charge in [0.2, 0.25) is 5.91 Å². The Hall–Kier alpha value is -2.72. The molecule has 2 aromatic carbocycles. The fourth-order valence-electron chi connectivity index (χ4n) is 3.01. The first-order valence-electron chi connectivity index (χ1n) is 8.79. The number of carbonyl (C=O) groups is 2. The van der Waals surface area contributed by atoms with Gasteiger partial charge in [-0.3, -0.25) is 4.79 Å². The van der Waals surface area contributed by atoms with Crippen LogP contribution in [0.3, 0.4) is 0 Å². The number of aromatic carboxylic acids is 1. The minimum atomic E-state index is -4.58. The van der Waals surface area contributed by atoms with Gasteiger partial charge in [-0.05, 0) is 37.3 Å². The molecule has 31 heavy (non-hydrogen) atoms. The molecule has 0 saturated heterocycles. The Morgan fingerprint density at radius 3 is 2.58 bits per heavy atom. The van der Waals surface area contributed by atoms with Crippen LogP contribution in [0.5, 0.6) is 0 Å². The van der Waals surface area contributed by atoms with Crippen molar-refractivity contribution < 1.29 is 32.3 Å². The standard InChI is InChI=1S/C20H15ClF4N2O3S/c1-10-18(31-12-4-2-3-11(7-12)19(29)30)13-5-6-14(21)16(22)17(13)27(10)8-15(28)26-9-20(23,24)25/h2-7H,8-9H2,1H3,(H,26,28)(H,29,30). The summed E-state index contributed by atoms with van der Waals surface area (Å²) < 4.78 is 53.3. The Bertz CT molecular complexity index is 1180. The van der Waals surface area contributed by atoms with Gasteiger partial charge in [0.25, 0.3) is 0 Å². The third-order valence-electron chi connectivity index (χ3n) is 4.41. The topological polar surface area (TPSA) is 71.3 Å². The minimum absolute atomic E-state index is 0.0240. The second-order valence-corrected chi connectivity index (χ2v) is 8.08. The zero-order valence-electron chi connectivity index (χ0n) is 15.9. The van der Waals surface area contributed by atoms with Crippen molar-refractivity contribution in [2.75, 3.05) is 6.54 Å². The van der Waals surface area contributed by atoms with E-state index in [4.69, 9.17) is 11.6 Å². The number of hydrogen-bond acceptors (Lipinski definition) is 3. The van der Waals surface area contributed by atoms with Gasteiger partial charge < -0.3 is 15.0 Å². The quantitative estimate of drug-likeness (QED) is 0.477.